The predicted octanol–water partition coefficient (Wildman–Crippen LogP) is 9.51. The fourth-order valence-electron chi connectivity index (χ4n) is 12.6. The number of carbonyl (C=O) groups is 4. The van der Waals surface area contributed by atoms with Crippen molar-refractivity contribution in [3.8, 4) is 0 Å². The fourth-order valence-corrected chi connectivity index (χ4v) is 12.6. The van der Waals surface area contributed by atoms with Gasteiger partial charge in [0.1, 0.15) is 29.4 Å². The molecule has 2 aromatic heterocycles. The van der Waals surface area contributed by atoms with Gasteiger partial charge >= 0.3 is 12.2 Å². The lowest BCUT2D eigenvalue weighted by molar-refractivity contribution is -0.136. The van der Waals surface area contributed by atoms with Crippen LogP contribution in [0.1, 0.15) is 139 Å². The van der Waals surface area contributed by atoms with E-state index in [0.717, 1.165) is 60.7 Å². The summed E-state index contributed by atoms with van der Waals surface area (Å²) >= 11 is 0. The highest BCUT2D eigenvalue weighted by molar-refractivity contribution is 5.88. The van der Waals surface area contributed by atoms with Gasteiger partial charge in [-0.2, -0.15) is 0 Å². The highest BCUT2D eigenvalue weighted by Crippen LogP contribution is 2.50. The first-order chi connectivity index (χ1) is 34.7. The van der Waals surface area contributed by atoms with Crippen LogP contribution in [0.25, 0.3) is 22.1 Å². The number of H-pyrrole nitrogens is 2. The molecule has 5 fully saturated rings. The Bertz CT molecular complexity index is 2670. The third-order valence-electron chi connectivity index (χ3n) is 16.3. The maximum Gasteiger partial charge on any atom is 0.407 e. The van der Waals surface area contributed by atoms with Gasteiger partial charge in [-0.05, 0) is 123 Å². The van der Waals surface area contributed by atoms with Gasteiger partial charge < -0.3 is 49.7 Å². The van der Waals surface area contributed by atoms with Gasteiger partial charge in [0.2, 0.25) is 11.8 Å². The standard InChI is InChI=1S/C54H68F2N10O6/c1-29(2)46(61-53(69)71-5)51(67)64-21-9-13-44(64)49-57-38-17-15-31(23-40(38)59-49)42-19-20-43(66(42)35-25-36(55)48(37(56)26-35)63-27-33-11-7-8-12-34(33)28-63)32-16-18-39-41(24-32)60-50(58-39)45-14-10-22-65(45)52(68)47(30(3)4)62-54(70)72-6/h15-18,23-26,29-30,33-34,42-47H,7-14,19-22,27-28H2,1-6H3,(H,57,59)(H,58,60)(H,61,69)(H,62,70)/t33-,34+,42-,43-,44+,45+,46+,47?/m1/s1. The Morgan fingerprint density at radius 1 is 0.611 bits per heavy atom. The number of hydrogen-bond acceptors (Lipinski definition) is 10. The molecule has 18 heteroatoms. The van der Waals surface area contributed by atoms with Crippen molar-refractivity contribution in [3.05, 3.63) is 82.9 Å². The van der Waals surface area contributed by atoms with Crippen molar-refractivity contribution >= 4 is 57.4 Å². The number of rotatable bonds is 12. The van der Waals surface area contributed by atoms with Gasteiger partial charge in [-0.15, -0.1) is 0 Å². The number of aromatic amines is 2. The smallest absolute Gasteiger partial charge is 0.407 e. The maximum atomic E-state index is 16.8. The van der Waals surface area contributed by atoms with Crippen molar-refractivity contribution in [2.75, 3.05) is 50.2 Å². The molecular formula is C54H68F2N10O6. The number of aromatic nitrogens is 4. The first-order valence-electron chi connectivity index (χ1n) is 26.0. The van der Waals surface area contributed by atoms with E-state index in [2.05, 4.69) is 25.5 Å². The summed E-state index contributed by atoms with van der Waals surface area (Å²) in [4.78, 5) is 77.1. The van der Waals surface area contributed by atoms with Crippen LogP contribution in [-0.2, 0) is 19.1 Å². The normalized spacial score (nSPS) is 24.1. The lowest BCUT2D eigenvalue weighted by Crippen LogP contribution is -2.51. The number of likely N-dealkylation sites (tertiary alicyclic amines) is 2. The summed E-state index contributed by atoms with van der Waals surface area (Å²) in [5, 5.41) is 5.44. The van der Waals surface area contributed by atoms with E-state index in [-0.39, 0.29) is 53.5 Å². The molecule has 1 saturated carbocycles. The molecule has 0 bridgehead atoms. The van der Waals surface area contributed by atoms with Gasteiger partial charge in [0.15, 0.2) is 11.6 Å². The largest absolute Gasteiger partial charge is 0.453 e. The van der Waals surface area contributed by atoms with Gasteiger partial charge in [0, 0.05) is 31.9 Å². The molecule has 384 valence electrons. The molecule has 3 aromatic carbocycles. The zero-order valence-corrected chi connectivity index (χ0v) is 42.2. The number of fused-ring (bicyclic) bond motifs is 3. The Balaban J connectivity index is 0.971. The number of imidazole rings is 2. The number of nitrogens with one attached hydrogen (secondary N) is 4. The lowest BCUT2D eigenvalue weighted by atomic mass is 9.82. The first-order valence-corrected chi connectivity index (χ1v) is 26.0. The average molecular weight is 991 g/mol. The number of nitrogens with zero attached hydrogens (tertiary/aromatic N) is 6. The summed E-state index contributed by atoms with van der Waals surface area (Å²) in [7, 11) is 2.56. The number of carbonyl (C=O) groups excluding carboxylic acids is 4. The van der Waals surface area contributed by atoms with E-state index in [1.54, 1.807) is 9.80 Å². The highest BCUT2D eigenvalue weighted by atomic mass is 19.1. The minimum absolute atomic E-state index is 0.0526. The lowest BCUT2D eigenvalue weighted by Gasteiger charge is -2.34. The van der Waals surface area contributed by atoms with Crippen LogP contribution < -0.4 is 20.4 Å². The van der Waals surface area contributed by atoms with E-state index in [1.807, 2.05) is 69.0 Å². The summed E-state index contributed by atoms with van der Waals surface area (Å²) in [6, 6.07) is 12.5. The third kappa shape index (κ3) is 9.29. The van der Waals surface area contributed by atoms with Crippen LogP contribution in [-0.4, -0.2) is 106 Å². The Labute approximate surface area is 418 Å². The summed E-state index contributed by atoms with van der Waals surface area (Å²) < 4.78 is 43.2. The third-order valence-corrected chi connectivity index (χ3v) is 16.3. The molecular weight excluding hydrogens is 923 g/mol. The topological polar surface area (TPSA) is 181 Å². The SMILES string of the molecule is COC(=O)NC(C(=O)N1CCC[C@H]1c1nc2cc([C@H]3CC[C@H](c4ccc5[nH]c([C@@H]6CCCN6C(=O)[C@@H](NC(=O)OC)C(C)C)nc5c4)N3c3cc(F)c(N4C[C@H]5CCCC[C@H]5C4)c(F)c3)ccc2[nH]1)C(C)C. The number of alkyl carbamates (subject to hydrolysis) is 2. The number of halogens is 2. The summed E-state index contributed by atoms with van der Waals surface area (Å²) in [5.74, 6) is 0.371. The number of amides is 4. The van der Waals surface area contributed by atoms with Crippen molar-refractivity contribution in [3.63, 3.8) is 0 Å². The second kappa shape index (κ2) is 20.2. The van der Waals surface area contributed by atoms with E-state index < -0.39 is 35.9 Å². The van der Waals surface area contributed by atoms with E-state index in [0.29, 0.717) is 92.1 Å². The predicted molar refractivity (Wildman–Crippen MR) is 269 cm³/mol. The highest BCUT2D eigenvalue weighted by Gasteiger charge is 2.42. The second-order valence-electron chi connectivity index (χ2n) is 21.4. The molecule has 0 spiro atoms. The maximum absolute atomic E-state index is 16.8. The molecule has 6 heterocycles. The molecule has 5 aromatic rings. The molecule has 1 unspecified atom stereocenters. The van der Waals surface area contributed by atoms with Crippen LogP contribution >= 0.6 is 0 Å². The van der Waals surface area contributed by atoms with Crippen LogP contribution in [0.5, 0.6) is 0 Å². The Hall–Kier alpha value is -6.46. The van der Waals surface area contributed by atoms with Crippen molar-refractivity contribution in [1.82, 2.24) is 40.4 Å². The van der Waals surface area contributed by atoms with E-state index >= 15 is 8.78 Å². The Kier molecular flexibility index (Phi) is 13.8. The van der Waals surface area contributed by atoms with Crippen LogP contribution in [0.4, 0.5) is 29.7 Å². The number of benzene rings is 3. The van der Waals surface area contributed by atoms with Crippen LogP contribution in [0.3, 0.4) is 0 Å². The molecule has 4 amide bonds. The summed E-state index contributed by atoms with van der Waals surface area (Å²) in [5.41, 5.74) is 5.41. The number of anilines is 2. The van der Waals surface area contributed by atoms with Gasteiger partial charge in [-0.25, -0.2) is 28.3 Å². The van der Waals surface area contributed by atoms with Crippen molar-refractivity contribution in [2.45, 2.75) is 128 Å². The fraction of sp³-hybridized carbons (Fsp3) is 0.556. The van der Waals surface area contributed by atoms with Gasteiger partial charge in [0.25, 0.3) is 0 Å². The van der Waals surface area contributed by atoms with E-state index in [4.69, 9.17) is 19.4 Å². The van der Waals surface area contributed by atoms with Crippen molar-refractivity contribution in [2.24, 2.45) is 23.7 Å². The van der Waals surface area contributed by atoms with E-state index in [9.17, 15) is 19.2 Å². The zero-order valence-electron chi connectivity index (χ0n) is 42.2. The van der Waals surface area contributed by atoms with Crippen LogP contribution in [0.15, 0.2) is 48.5 Å². The molecule has 0 radical (unpaired) electrons. The van der Waals surface area contributed by atoms with Crippen molar-refractivity contribution in [1.29, 1.82) is 0 Å². The summed E-state index contributed by atoms with van der Waals surface area (Å²) in [6.45, 7) is 9.93. The summed E-state index contributed by atoms with van der Waals surface area (Å²) in [6.07, 6.45) is 7.53. The van der Waals surface area contributed by atoms with Gasteiger partial charge in [-0.1, -0.05) is 52.7 Å². The van der Waals surface area contributed by atoms with Gasteiger partial charge in [0.05, 0.1) is 60.5 Å². The Morgan fingerprint density at radius 2 is 1.06 bits per heavy atom. The number of methoxy groups -OCH3 is 2. The molecule has 4 aliphatic heterocycles. The minimum Gasteiger partial charge on any atom is -0.453 e. The van der Waals surface area contributed by atoms with Crippen molar-refractivity contribution < 1.29 is 37.4 Å². The number of hydrogen-bond donors (Lipinski definition) is 4. The molecule has 10 rings (SSSR count). The quantitative estimate of drug-likeness (QED) is 0.0940. The van der Waals surface area contributed by atoms with Gasteiger partial charge in [-0.3, -0.25) is 9.59 Å². The molecule has 72 heavy (non-hydrogen) atoms. The van der Waals surface area contributed by atoms with Crippen LogP contribution in [0, 0.1) is 35.3 Å². The molecule has 5 aliphatic rings. The molecule has 8 atom stereocenters. The molecule has 1 aliphatic carbocycles. The average Bonchev–Trinajstić information content (AvgIpc) is 4.23. The second-order valence-corrected chi connectivity index (χ2v) is 21.4. The Morgan fingerprint density at radius 3 is 1.47 bits per heavy atom. The van der Waals surface area contributed by atoms with Crippen LogP contribution in [0.2, 0.25) is 0 Å². The molecule has 4 saturated heterocycles. The zero-order chi connectivity index (χ0) is 50.5. The number of ether oxygens (including phenoxy) is 2. The monoisotopic (exact) mass is 991 g/mol. The first kappa shape index (κ1) is 49.1. The van der Waals surface area contributed by atoms with E-state index in [1.165, 1.54) is 26.4 Å². The minimum atomic E-state index is -0.761. The molecule has 4 N–H and O–H groups in total. The molecule has 16 nitrogen and oxygen atoms in total.